The van der Waals surface area contributed by atoms with E-state index in [0.717, 1.165) is 70.1 Å². The molecule has 1 atom stereocenters. The van der Waals surface area contributed by atoms with Gasteiger partial charge in [-0.1, -0.05) is 0 Å². The van der Waals surface area contributed by atoms with Crippen molar-refractivity contribution in [3.63, 3.8) is 0 Å². The Labute approximate surface area is 167 Å². The molecule has 2 saturated heterocycles. The number of nitrogens with one attached hydrogen (secondary N) is 3. The van der Waals surface area contributed by atoms with Crippen LogP contribution in [0.1, 0.15) is 31.4 Å². The number of carbonyl (C=O) groups excluding carboxylic acids is 1. The first kappa shape index (κ1) is 20.7. The molecule has 0 aromatic carbocycles. The van der Waals surface area contributed by atoms with Crippen molar-refractivity contribution in [2.75, 3.05) is 46.4 Å². The quantitative estimate of drug-likeness (QED) is 0.447. The Morgan fingerprint density at radius 2 is 2.18 bits per heavy atom. The van der Waals surface area contributed by atoms with Crippen molar-refractivity contribution in [2.45, 2.75) is 44.2 Å². The minimum atomic E-state index is 0.0739. The predicted octanol–water partition coefficient (Wildman–Crippen LogP) is 0.747. The van der Waals surface area contributed by atoms with Gasteiger partial charge in [-0.3, -0.25) is 14.7 Å². The van der Waals surface area contributed by atoms with E-state index in [-0.39, 0.29) is 12.0 Å². The molecule has 8 heteroatoms. The van der Waals surface area contributed by atoms with Crippen LogP contribution in [0.3, 0.4) is 0 Å². The molecule has 1 aromatic rings. The Hall–Kier alpha value is -2.06. The summed E-state index contributed by atoms with van der Waals surface area (Å²) in [6.07, 6.45) is 6.95. The van der Waals surface area contributed by atoms with Crippen molar-refractivity contribution in [3.05, 3.63) is 24.2 Å². The summed E-state index contributed by atoms with van der Waals surface area (Å²) < 4.78 is 11.1. The zero-order chi connectivity index (χ0) is 19.6. The molecule has 0 bridgehead atoms. The maximum Gasteiger partial charge on any atom is 0.233 e. The molecule has 0 radical (unpaired) electrons. The van der Waals surface area contributed by atoms with Crippen molar-refractivity contribution in [1.82, 2.24) is 20.9 Å². The number of rotatable bonds is 8. The molecule has 0 aliphatic carbocycles. The van der Waals surface area contributed by atoms with Crippen LogP contribution in [0.5, 0.6) is 0 Å². The lowest BCUT2D eigenvalue weighted by molar-refractivity contribution is -0.122. The van der Waals surface area contributed by atoms with Gasteiger partial charge in [0.2, 0.25) is 5.91 Å². The van der Waals surface area contributed by atoms with E-state index in [1.54, 1.807) is 13.3 Å². The van der Waals surface area contributed by atoms with E-state index in [4.69, 9.17) is 14.1 Å². The maximum atomic E-state index is 11.5. The van der Waals surface area contributed by atoms with Crippen LogP contribution in [0.15, 0.2) is 27.8 Å². The molecule has 2 aliphatic rings. The highest BCUT2D eigenvalue weighted by atomic mass is 16.5. The second-order valence-corrected chi connectivity index (χ2v) is 7.45. The van der Waals surface area contributed by atoms with Crippen LogP contribution in [0.2, 0.25) is 0 Å². The molecule has 3 heterocycles. The SMILES string of the molecule is CNC(=O)CN1CCC(NC(=NCC2CCCO2)NCCc2ccco2)CC1. The molecule has 0 spiro atoms. The standard InChI is InChI=1S/C20H33N5O3/c1-21-19(26)15-25-10-7-16(8-11-25)24-20(23-14-18-5-3-13-28-18)22-9-6-17-4-2-12-27-17/h2,4,12,16,18H,3,5-11,13-15H2,1H3,(H,21,26)(H2,22,23,24). The molecular weight excluding hydrogens is 358 g/mol. The van der Waals surface area contributed by atoms with E-state index in [2.05, 4.69) is 20.9 Å². The zero-order valence-electron chi connectivity index (χ0n) is 16.8. The molecule has 3 rings (SSSR count). The number of guanidine groups is 1. The molecule has 1 amide bonds. The molecule has 2 aliphatic heterocycles. The molecule has 28 heavy (non-hydrogen) atoms. The van der Waals surface area contributed by atoms with Gasteiger partial charge in [-0.25, -0.2) is 0 Å². The summed E-state index contributed by atoms with van der Waals surface area (Å²) in [5.74, 6) is 1.88. The van der Waals surface area contributed by atoms with Crippen LogP contribution in [-0.4, -0.2) is 75.3 Å². The third-order valence-corrected chi connectivity index (χ3v) is 5.30. The smallest absolute Gasteiger partial charge is 0.233 e. The van der Waals surface area contributed by atoms with E-state index in [0.29, 0.717) is 19.1 Å². The average Bonchev–Trinajstić information content (AvgIpc) is 3.41. The third-order valence-electron chi connectivity index (χ3n) is 5.30. The largest absolute Gasteiger partial charge is 0.469 e. The van der Waals surface area contributed by atoms with Gasteiger partial charge in [-0.2, -0.15) is 0 Å². The molecule has 156 valence electrons. The number of nitrogens with zero attached hydrogens (tertiary/aromatic N) is 2. The Bertz CT molecular complexity index is 605. The fourth-order valence-corrected chi connectivity index (χ4v) is 3.60. The summed E-state index contributed by atoms with van der Waals surface area (Å²) >= 11 is 0. The number of carbonyl (C=O) groups is 1. The van der Waals surface area contributed by atoms with Crippen LogP contribution < -0.4 is 16.0 Å². The Morgan fingerprint density at radius 1 is 1.32 bits per heavy atom. The third kappa shape index (κ3) is 6.83. The zero-order valence-corrected chi connectivity index (χ0v) is 16.8. The summed E-state index contributed by atoms with van der Waals surface area (Å²) in [5, 5.41) is 9.69. The van der Waals surface area contributed by atoms with Gasteiger partial charge in [0.25, 0.3) is 0 Å². The molecule has 2 fully saturated rings. The van der Waals surface area contributed by atoms with Crippen molar-refractivity contribution >= 4 is 11.9 Å². The van der Waals surface area contributed by atoms with Gasteiger partial charge in [-0.15, -0.1) is 0 Å². The van der Waals surface area contributed by atoms with Crippen LogP contribution in [0.4, 0.5) is 0 Å². The number of amides is 1. The fourth-order valence-electron chi connectivity index (χ4n) is 3.60. The lowest BCUT2D eigenvalue weighted by Gasteiger charge is -2.32. The summed E-state index contributed by atoms with van der Waals surface area (Å²) in [6.45, 7) is 4.60. The molecule has 1 aromatic heterocycles. The van der Waals surface area contributed by atoms with Gasteiger partial charge in [0.1, 0.15) is 5.76 Å². The van der Waals surface area contributed by atoms with Gasteiger partial charge in [-0.05, 0) is 37.8 Å². The van der Waals surface area contributed by atoms with Crippen molar-refractivity contribution < 1.29 is 13.9 Å². The number of aliphatic imine (C=N–C) groups is 1. The first-order chi connectivity index (χ1) is 13.7. The minimum absolute atomic E-state index is 0.0739. The number of hydrogen-bond acceptors (Lipinski definition) is 5. The molecule has 1 unspecified atom stereocenters. The van der Waals surface area contributed by atoms with Crippen LogP contribution in [0.25, 0.3) is 0 Å². The van der Waals surface area contributed by atoms with Gasteiger partial charge < -0.3 is 25.1 Å². The number of likely N-dealkylation sites (N-methyl/N-ethyl adjacent to an activating group) is 1. The van der Waals surface area contributed by atoms with Crippen LogP contribution >= 0.6 is 0 Å². The second-order valence-electron chi connectivity index (χ2n) is 7.45. The molecule has 8 nitrogen and oxygen atoms in total. The first-order valence-corrected chi connectivity index (χ1v) is 10.3. The topological polar surface area (TPSA) is 91.1 Å². The monoisotopic (exact) mass is 391 g/mol. The number of piperidine rings is 1. The maximum absolute atomic E-state index is 11.5. The Morgan fingerprint density at radius 3 is 2.86 bits per heavy atom. The first-order valence-electron chi connectivity index (χ1n) is 10.3. The van der Waals surface area contributed by atoms with E-state index < -0.39 is 0 Å². The number of likely N-dealkylation sites (tertiary alicyclic amines) is 1. The van der Waals surface area contributed by atoms with Crippen molar-refractivity contribution in [1.29, 1.82) is 0 Å². The minimum Gasteiger partial charge on any atom is -0.469 e. The predicted molar refractivity (Wildman–Crippen MR) is 108 cm³/mol. The van der Waals surface area contributed by atoms with E-state index in [1.807, 2.05) is 12.1 Å². The van der Waals surface area contributed by atoms with Crippen molar-refractivity contribution in [3.8, 4) is 0 Å². The summed E-state index contributed by atoms with van der Waals surface area (Å²) in [7, 11) is 1.68. The summed E-state index contributed by atoms with van der Waals surface area (Å²) in [5.41, 5.74) is 0. The van der Waals surface area contributed by atoms with E-state index in [1.165, 1.54) is 0 Å². The lowest BCUT2D eigenvalue weighted by Crippen LogP contribution is -2.50. The second kappa shape index (κ2) is 11.1. The van der Waals surface area contributed by atoms with Crippen molar-refractivity contribution in [2.24, 2.45) is 4.99 Å². The van der Waals surface area contributed by atoms with Gasteiger partial charge in [0.05, 0.1) is 25.5 Å². The normalized spacial score (nSPS) is 21.6. The highest BCUT2D eigenvalue weighted by molar-refractivity contribution is 5.80. The van der Waals surface area contributed by atoms with Crippen LogP contribution in [0, 0.1) is 0 Å². The highest BCUT2D eigenvalue weighted by Crippen LogP contribution is 2.13. The van der Waals surface area contributed by atoms with Crippen LogP contribution in [-0.2, 0) is 16.0 Å². The number of hydrogen-bond donors (Lipinski definition) is 3. The van der Waals surface area contributed by atoms with E-state index >= 15 is 0 Å². The Balaban J connectivity index is 1.46. The highest BCUT2D eigenvalue weighted by Gasteiger charge is 2.22. The molecular formula is C20H33N5O3. The summed E-state index contributed by atoms with van der Waals surface area (Å²) in [6, 6.07) is 4.26. The van der Waals surface area contributed by atoms with Gasteiger partial charge in [0.15, 0.2) is 5.96 Å². The lowest BCUT2D eigenvalue weighted by atomic mass is 10.1. The Kier molecular flexibility index (Phi) is 8.17. The average molecular weight is 392 g/mol. The van der Waals surface area contributed by atoms with E-state index in [9.17, 15) is 4.79 Å². The molecule has 0 saturated carbocycles. The van der Waals surface area contributed by atoms with Gasteiger partial charge in [0, 0.05) is 45.8 Å². The summed E-state index contributed by atoms with van der Waals surface area (Å²) in [4.78, 5) is 18.5. The molecule has 3 N–H and O–H groups in total. The van der Waals surface area contributed by atoms with Gasteiger partial charge >= 0.3 is 0 Å². The number of ether oxygens (including phenoxy) is 1. The fraction of sp³-hybridized carbons (Fsp3) is 0.700. The number of furan rings is 1.